The first-order chi connectivity index (χ1) is 13.2. The molecule has 0 unspecified atom stereocenters. The van der Waals surface area contributed by atoms with Gasteiger partial charge in [0.05, 0.1) is 13.3 Å². The van der Waals surface area contributed by atoms with Crippen LogP contribution in [0.4, 0.5) is 0 Å². The lowest BCUT2D eigenvalue weighted by molar-refractivity contribution is 0.0926. The summed E-state index contributed by atoms with van der Waals surface area (Å²) in [7, 11) is 1.58. The molecule has 0 radical (unpaired) electrons. The van der Waals surface area contributed by atoms with Crippen LogP contribution in [0.3, 0.4) is 0 Å². The van der Waals surface area contributed by atoms with Crippen LogP contribution in [0.15, 0.2) is 70.2 Å². The minimum absolute atomic E-state index is 0.215. The Labute approximate surface area is 157 Å². The van der Waals surface area contributed by atoms with Crippen molar-refractivity contribution in [2.24, 2.45) is 5.10 Å². The molecular weight excluding hydrogens is 344 g/mol. The van der Waals surface area contributed by atoms with E-state index in [2.05, 4.69) is 10.5 Å². The Morgan fingerprint density at radius 1 is 1.11 bits per heavy atom. The molecule has 0 aliphatic carbocycles. The zero-order chi connectivity index (χ0) is 19.1. The Bertz CT molecular complexity index is 932. The fourth-order valence-corrected chi connectivity index (χ4v) is 2.40. The third kappa shape index (κ3) is 4.98. The summed E-state index contributed by atoms with van der Waals surface area (Å²) < 4.78 is 16.4. The topological polar surface area (TPSA) is 73.1 Å². The number of benzene rings is 2. The molecule has 27 heavy (non-hydrogen) atoms. The third-order valence-electron chi connectivity index (χ3n) is 3.77. The summed E-state index contributed by atoms with van der Waals surface area (Å²) in [5, 5.41) is 3.94. The van der Waals surface area contributed by atoms with Crippen molar-refractivity contribution in [2.45, 2.75) is 13.5 Å². The lowest BCUT2D eigenvalue weighted by Crippen LogP contribution is -2.16. The second-order valence-electron chi connectivity index (χ2n) is 5.79. The van der Waals surface area contributed by atoms with E-state index in [0.717, 1.165) is 11.1 Å². The van der Waals surface area contributed by atoms with Gasteiger partial charge in [-0.2, -0.15) is 5.10 Å². The van der Waals surface area contributed by atoms with Crippen molar-refractivity contribution in [1.29, 1.82) is 0 Å². The van der Waals surface area contributed by atoms with Gasteiger partial charge in [-0.3, -0.25) is 4.79 Å². The number of ether oxygens (including phenoxy) is 2. The number of aryl methyl sites for hydroxylation is 1. The van der Waals surface area contributed by atoms with E-state index < -0.39 is 5.91 Å². The van der Waals surface area contributed by atoms with Gasteiger partial charge in [-0.05, 0) is 48.4 Å². The number of nitrogens with zero attached hydrogens (tertiary/aromatic N) is 1. The highest BCUT2D eigenvalue weighted by Gasteiger charge is 2.09. The lowest BCUT2D eigenvalue weighted by atomic mass is 10.2. The fourth-order valence-electron chi connectivity index (χ4n) is 2.40. The van der Waals surface area contributed by atoms with E-state index in [9.17, 15) is 4.79 Å². The van der Waals surface area contributed by atoms with Crippen LogP contribution in [0.25, 0.3) is 0 Å². The minimum Gasteiger partial charge on any atom is -0.493 e. The molecule has 1 aromatic heterocycles. The summed E-state index contributed by atoms with van der Waals surface area (Å²) in [6.07, 6.45) is 1.52. The van der Waals surface area contributed by atoms with Crippen LogP contribution in [-0.4, -0.2) is 19.2 Å². The average molecular weight is 364 g/mol. The molecule has 0 saturated carbocycles. The molecule has 1 amide bonds. The van der Waals surface area contributed by atoms with E-state index in [1.807, 2.05) is 36.4 Å². The van der Waals surface area contributed by atoms with Crippen LogP contribution in [0.2, 0.25) is 0 Å². The molecular formula is C21H20N2O4. The van der Waals surface area contributed by atoms with Crippen molar-refractivity contribution in [2.75, 3.05) is 7.11 Å². The van der Waals surface area contributed by atoms with Gasteiger partial charge in [0, 0.05) is 0 Å². The molecule has 3 rings (SSSR count). The summed E-state index contributed by atoms with van der Waals surface area (Å²) in [6.45, 7) is 2.22. The predicted octanol–water partition coefficient (Wildman–Crippen LogP) is 3.94. The van der Waals surface area contributed by atoms with E-state index in [0.29, 0.717) is 23.9 Å². The van der Waals surface area contributed by atoms with Crippen molar-refractivity contribution in [3.05, 3.63) is 83.3 Å². The van der Waals surface area contributed by atoms with Gasteiger partial charge in [-0.15, -0.1) is 0 Å². The first kappa shape index (κ1) is 18.3. The highest BCUT2D eigenvalue weighted by Crippen LogP contribution is 2.28. The number of rotatable bonds is 7. The number of amides is 1. The van der Waals surface area contributed by atoms with Crippen LogP contribution >= 0.6 is 0 Å². The summed E-state index contributed by atoms with van der Waals surface area (Å²) in [5.41, 5.74) is 4.25. The number of furan rings is 1. The molecule has 6 nitrogen and oxygen atoms in total. The molecule has 0 bridgehead atoms. The van der Waals surface area contributed by atoms with Gasteiger partial charge >= 0.3 is 5.91 Å². The van der Waals surface area contributed by atoms with Gasteiger partial charge in [0.15, 0.2) is 17.3 Å². The molecule has 6 heteroatoms. The van der Waals surface area contributed by atoms with E-state index in [1.54, 1.807) is 38.3 Å². The summed E-state index contributed by atoms with van der Waals surface area (Å²) in [5.74, 6) is 1.69. The molecule has 1 heterocycles. The molecule has 0 saturated heterocycles. The number of hydrogen-bond acceptors (Lipinski definition) is 5. The van der Waals surface area contributed by atoms with Gasteiger partial charge in [0.25, 0.3) is 0 Å². The predicted molar refractivity (Wildman–Crippen MR) is 102 cm³/mol. The Balaban J connectivity index is 1.62. The van der Waals surface area contributed by atoms with E-state index in [4.69, 9.17) is 13.9 Å². The third-order valence-corrected chi connectivity index (χ3v) is 3.77. The first-order valence-corrected chi connectivity index (χ1v) is 8.40. The summed E-state index contributed by atoms with van der Waals surface area (Å²) >= 11 is 0. The van der Waals surface area contributed by atoms with Crippen LogP contribution in [-0.2, 0) is 6.61 Å². The molecule has 3 aromatic rings. The van der Waals surface area contributed by atoms with Crippen molar-refractivity contribution in [3.8, 4) is 11.5 Å². The fraction of sp³-hybridized carbons (Fsp3) is 0.143. The zero-order valence-electron chi connectivity index (χ0n) is 15.1. The maximum atomic E-state index is 11.9. The highest BCUT2D eigenvalue weighted by atomic mass is 16.5. The lowest BCUT2D eigenvalue weighted by Gasteiger charge is -2.11. The van der Waals surface area contributed by atoms with Gasteiger partial charge < -0.3 is 13.9 Å². The molecule has 0 spiro atoms. The minimum atomic E-state index is -0.408. The first-order valence-electron chi connectivity index (χ1n) is 8.40. The molecule has 2 aromatic carbocycles. The summed E-state index contributed by atoms with van der Waals surface area (Å²) in [6, 6.07) is 18.6. The monoisotopic (exact) mass is 364 g/mol. The Kier molecular flexibility index (Phi) is 5.89. The van der Waals surface area contributed by atoms with E-state index in [-0.39, 0.29) is 5.76 Å². The maximum absolute atomic E-state index is 11.9. The van der Waals surface area contributed by atoms with Gasteiger partial charge in [0.2, 0.25) is 0 Å². The number of carbonyl (C=O) groups excluding carboxylic acids is 1. The second-order valence-corrected chi connectivity index (χ2v) is 5.79. The molecule has 0 fully saturated rings. The number of hydrogen-bond donors (Lipinski definition) is 1. The number of carbonyl (C=O) groups is 1. The Morgan fingerprint density at radius 3 is 2.63 bits per heavy atom. The zero-order valence-corrected chi connectivity index (χ0v) is 15.1. The van der Waals surface area contributed by atoms with Crippen LogP contribution in [0, 0.1) is 6.92 Å². The van der Waals surface area contributed by atoms with Gasteiger partial charge in [-0.1, -0.05) is 30.3 Å². The Hall–Kier alpha value is -3.54. The van der Waals surface area contributed by atoms with Gasteiger partial charge in [-0.25, -0.2) is 5.43 Å². The molecule has 0 aliphatic rings. The van der Waals surface area contributed by atoms with Crippen molar-refractivity contribution >= 4 is 12.1 Å². The highest BCUT2D eigenvalue weighted by molar-refractivity contribution is 5.92. The van der Waals surface area contributed by atoms with Crippen LogP contribution < -0.4 is 14.9 Å². The average Bonchev–Trinajstić information content (AvgIpc) is 3.14. The normalized spacial score (nSPS) is 10.7. The standard InChI is InChI=1S/C21H20N2O4/c1-15-8-10-19(27-15)21(24)23-22-13-17-9-11-18(20(12-17)25-2)26-14-16-6-4-3-5-7-16/h3-13H,14H2,1-2H3,(H,23,24)/b22-13-. The van der Waals surface area contributed by atoms with Crippen LogP contribution in [0.1, 0.15) is 27.4 Å². The van der Waals surface area contributed by atoms with Crippen molar-refractivity contribution < 1.29 is 18.7 Å². The SMILES string of the molecule is COc1cc(/C=N\NC(=O)c2ccc(C)o2)ccc1OCc1ccccc1. The quantitative estimate of drug-likeness (QED) is 0.509. The number of methoxy groups -OCH3 is 1. The van der Waals surface area contributed by atoms with Crippen molar-refractivity contribution in [3.63, 3.8) is 0 Å². The number of nitrogens with one attached hydrogen (secondary N) is 1. The second kappa shape index (κ2) is 8.71. The van der Waals surface area contributed by atoms with Gasteiger partial charge in [0.1, 0.15) is 12.4 Å². The molecule has 138 valence electrons. The van der Waals surface area contributed by atoms with E-state index >= 15 is 0 Å². The smallest absolute Gasteiger partial charge is 0.307 e. The van der Waals surface area contributed by atoms with Crippen LogP contribution in [0.5, 0.6) is 11.5 Å². The largest absolute Gasteiger partial charge is 0.493 e. The Morgan fingerprint density at radius 2 is 1.93 bits per heavy atom. The van der Waals surface area contributed by atoms with E-state index in [1.165, 1.54) is 6.21 Å². The molecule has 0 atom stereocenters. The molecule has 0 aliphatic heterocycles. The van der Waals surface area contributed by atoms with Crippen molar-refractivity contribution in [1.82, 2.24) is 5.43 Å². The summed E-state index contributed by atoms with van der Waals surface area (Å²) in [4.78, 5) is 11.9. The maximum Gasteiger partial charge on any atom is 0.307 e. The number of hydrazone groups is 1. The molecule has 1 N–H and O–H groups in total.